The molecule has 2 aromatic heterocycles. The Hall–Kier alpha value is -7.88. The van der Waals surface area contributed by atoms with Gasteiger partial charge in [-0.2, -0.15) is 0 Å². The van der Waals surface area contributed by atoms with Gasteiger partial charge in [0.2, 0.25) is 0 Å². The van der Waals surface area contributed by atoms with Crippen molar-refractivity contribution in [1.82, 2.24) is 4.57 Å². The smallest absolute Gasteiger partial charge is 0.143 e. The van der Waals surface area contributed by atoms with E-state index in [-0.39, 0.29) is 0 Å². The fourth-order valence-electron chi connectivity index (χ4n) is 9.30. The van der Waals surface area contributed by atoms with Gasteiger partial charge in [0.1, 0.15) is 11.2 Å². The van der Waals surface area contributed by atoms with Crippen molar-refractivity contribution in [3.63, 3.8) is 0 Å². The average Bonchev–Trinajstić information content (AvgIpc) is 3.86. The Morgan fingerprint density at radius 1 is 0.356 bits per heavy atom. The SMILES string of the molecule is c1ccc(-n2c3ccccc3c3ccccc32)c(-c2ccc(N(c3ccc(-c4cccc5c4oc4ccccc45)cc3)c3cc4ccccc4c4ccccc34)cc2)c1. The Bertz CT molecular complexity index is 3500. The molecule has 0 atom stereocenters. The van der Waals surface area contributed by atoms with Gasteiger partial charge in [0.25, 0.3) is 0 Å². The minimum Gasteiger partial charge on any atom is -0.455 e. The fraction of sp³-hybridized carbons (Fsp3) is 0. The maximum Gasteiger partial charge on any atom is 0.143 e. The molecule has 0 aliphatic rings. The molecule has 0 unspecified atom stereocenters. The van der Waals surface area contributed by atoms with E-state index in [2.05, 4.69) is 216 Å². The van der Waals surface area contributed by atoms with Crippen LogP contribution < -0.4 is 4.90 Å². The van der Waals surface area contributed by atoms with Gasteiger partial charge >= 0.3 is 0 Å². The first-order valence-electron chi connectivity index (χ1n) is 20.2. The molecule has 0 saturated heterocycles. The molecule has 0 saturated carbocycles. The lowest BCUT2D eigenvalue weighted by molar-refractivity contribution is 0.670. The van der Waals surface area contributed by atoms with Crippen molar-refractivity contribution in [2.24, 2.45) is 0 Å². The van der Waals surface area contributed by atoms with E-state index in [9.17, 15) is 0 Å². The molecule has 0 fully saturated rings. The van der Waals surface area contributed by atoms with Crippen LogP contribution in [0.3, 0.4) is 0 Å². The summed E-state index contributed by atoms with van der Waals surface area (Å²) in [6.45, 7) is 0. The van der Waals surface area contributed by atoms with Crippen LogP contribution in [0.2, 0.25) is 0 Å². The topological polar surface area (TPSA) is 21.3 Å². The molecule has 0 N–H and O–H groups in total. The van der Waals surface area contributed by atoms with Gasteiger partial charge in [-0.05, 0) is 81.9 Å². The zero-order valence-corrected chi connectivity index (χ0v) is 32.1. The van der Waals surface area contributed by atoms with E-state index in [1.165, 1.54) is 48.9 Å². The second-order valence-corrected chi connectivity index (χ2v) is 15.3. The van der Waals surface area contributed by atoms with Crippen molar-refractivity contribution >= 4 is 82.4 Å². The van der Waals surface area contributed by atoms with Gasteiger partial charge in [-0.3, -0.25) is 0 Å². The van der Waals surface area contributed by atoms with Crippen LogP contribution >= 0.6 is 0 Å². The summed E-state index contributed by atoms with van der Waals surface area (Å²) < 4.78 is 8.86. The summed E-state index contributed by atoms with van der Waals surface area (Å²) in [5.74, 6) is 0. The third-order valence-corrected chi connectivity index (χ3v) is 12.0. The number of furan rings is 1. The van der Waals surface area contributed by atoms with Crippen molar-refractivity contribution in [3.05, 3.63) is 218 Å². The van der Waals surface area contributed by atoms with Gasteiger partial charge in [0.05, 0.1) is 22.4 Å². The molecule has 0 aliphatic heterocycles. The minimum atomic E-state index is 0.905. The quantitative estimate of drug-likeness (QED) is 0.158. The predicted octanol–water partition coefficient (Wildman–Crippen LogP) is 15.8. The largest absolute Gasteiger partial charge is 0.455 e. The lowest BCUT2D eigenvalue weighted by Crippen LogP contribution is -2.10. The first-order chi connectivity index (χ1) is 29.3. The summed E-state index contributed by atoms with van der Waals surface area (Å²) in [5, 5.41) is 9.66. The molecule has 276 valence electrons. The highest BCUT2D eigenvalue weighted by molar-refractivity contribution is 6.15. The average molecular weight is 753 g/mol. The van der Waals surface area contributed by atoms with Crippen LogP contribution in [0.5, 0.6) is 0 Å². The van der Waals surface area contributed by atoms with Gasteiger partial charge in [-0.15, -0.1) is 0 Å². The predicted molar refractivity (Wildman–Crippen MR) is 249 cm³/mol. The third-order valence-electron chi connectivity index (χ3n) is 12.0. The van der Waals surface area contributed by atoms with Crippen LogP contribution in [0.4, 0.5) is 17.1 Å². The molecule has 59 heavy (non-hydrogen) atoms. The molecule has 0 radical (unpaired) electrons. The van der Waals surface area contributed by atoms with Crippen LogP contribution in [-0.4, -0.2) is 4.57 Å². The third kappa shape index (κ3) is 5.29. The maximum atomic E-state index is 6.45. The summed E-state index contributed by atoms with van der Waals surface area (Å²) in [6.07, 6.45) is 0. The molecule has 0 amide bonds. The molecule has 3 heteroatoms. The second kappa shape index (κ2) is 13.4. The number of aromatic nitrogens is 1. The van der Waals surface area contributed by atoms with E-state index >= 15 is 0 Å². The van der Waals surface area contributed by atoms with Crippen molar-refractivity contribution in [3.8, 4) is 27.9 Å². The van der Waals surface area contributed by atoms with Crippen molar-refractivity contribution in [2.45, 2.75) is 0 Å². The van der Waals surface area contributed by atoms with Crippen molar-refractivity contribution in [2.75, 3.05) is 4.90 Å². The number of fused-ring (bicyclic) bond motifs is 9. The number of rotatable bonds is 6. The standard InChI is InChI=1S/C56H36N2O/c1-2-15-42-39(14-1)36-54(46-18-4-3-17-45(42)46)57(41-34-30-38(31-35-41)44-22-13-23-50-49-21-8-12-27-55(49)59-56(44)50)40-32-28-37(29-33-40)43-16-5-9-24-51(43)58-52-25-10-6-19-47(52)48-20-7-11-26-53(48)58/h1-36H. The summed E-state index contributed by atoms with van der Waals surface area (Å²) in [6, 6.07) is 78.7. The normalized spacial score (nSPS) is 11.7. The molecular formula is C56H36N2O. The number of benzene rings is 10. The summed E-state index contributed by atoms with van der Waals surface area (Å²) in [4.78, 5) is 2.41. The number of anilines is 3. The summed E-state index contributed by atoms with van der Waals surface area (Å²) in [7, 11) is 0. The second-order valence-electron chi connectivity index (χ2n) is 15.3. The molecule has 2 heterocycles. The Balaban J connectivity index is 1.01. The van der Waals surface area contributed by atoms with Crippen LogP contribution in [0, 0.1) is 0 Å². The van der Waals surface area contributed by atoms with E-state index in [0.717, 1.165) is 61.4 Å². The van der Waals surface area contributed by atoms with E-state index in [4.69, 9.17) is 4.42 Å². The van der Waals surface area contributed by atoms with Crippen LogP contribution in [0.25, 0.3) is 93.2 Å². The monoisotopic (exact) mass is 752 g/mol. The number of nitrogens with zero attached hydrogens (tertiary/aromatic N) is 2. The van der Waals surface area contributed by atoms with Gasteiger partial charge in [0.15, 0.2) is 0 Å². The lowest BCUT2D eigenvalue weighted by atomic mass is 9.98. The van der Waals surface area contributed by atoms with Crippen LogP contribution in [-0.2, 0) is 0 Å². The Labute approximate surface area is 341 Å². The minimum absolute atomic E-state index is 0.905. The first-order valence-corrected chi connectivity index (χ1v) is 20.2. The number of para-hydroxylation sites is 5. The van der Waals surface area contributed by atoms with Crippen molar-refractivity contribution < 1.29 is 4.42 Å². The van der Waals surface area contributed by atoms with Gasteiger partial charge in [0, 0.05) is 49.4 Å². The number of hydrogen-bond donors (Lipinski definition) is 0. The van der Waals surface area contributed by atoms with Gasteiger partial charge in [-0.25, -0.2) is 0 Å². The van der Waals surface area contributed by atoms with E-state index < -0.39 is 0 Å². The Morgan fingerprint density at radius 3 is 1.58 bits per heavy atom. The van der Waals surface area contributed by atoms with E-state index in [0.29, 0.717) is 0 Å². The van der Waals surface area contributed by atoms with Crippen molar-refractivity contribution in [1.29, 1.82) is 0 Å². The van der Waals surface area contributed by atoms with Gasteiger partial charge < -0.3 is 13.9 Å². The highest BCUT2D eigenvalue weighted by Gasteiger charge is 2.20. The molecule has 0 aliphatic carbocycles. The molecule has 12 rings (SSSR count). The molecule has 3 nitrogen and oxygen atoms in total. The summed E-state index contributed by atoms with van der Waals surface area (Å²) >= 11 is 0. The van der Waals surface area contributed by atoms with E-state index in [1.807, 2.05) is 12.1 Å². The lowest BCUT2D eigenvalue weighted by Gasteiger charge is -2.28. The maximum absolute atomic E-state index is 6.45. The Morgan fingerprint density at radius 2 is 0.864 bits per heavy atom. The van der Waals surface area contributed by atoms with Crippen LogP contribution in [0.1, 0.15) is 0 Å². The molecule has 0 spiro atoms. The molecular weight excluding hydrogens is 717 g/mol. The Kier molecular flexibility index (Phi) is 7.54. The first kappa shape index (κ1) is 33.3. The molecule has 12 aromatic rings. The molecule has 10 aromatic carbocycles. The number of hydrogen-bond acceptors (Lipinski definition) is 2. The molecule has 0 bridgehead atoms. The van der Waals surface area contributed by atoms with Gasteiger partial charge in [-0.1, -0.05) is 164 Å². The zero-order valence-electron chi connectivity index (χ0n) is 32.1. The van der Waals surface area contributed by atoms with E-state index in [1.54, 1.807) is 0 Å². The highest BCUT2D eigenvalue weighted by atomic mass is 16.3. The highest BCUT2D eigenvalue weighted by Crippen LogP contribution is 2.44. The zero-order chi connectivity index (χ0) is 38.9. The van der Waals surface area contributed by atoms with Crippen LogP contribution in [0.15, 0.2) is 223 Å². The fourth-order valence-corrected chi connectivity index (χ4v) is 9.30. The summed E-state index contributed by atoms with van der Waals surface area (Å²) in [5.41, 5.74) is 13.2.